The fourth-order valence-electron chi connectivity index (χ4n) is 2.91. The fourth-order valence-corrected chi connectivity index (χ4v) is 4.65. The Kier molecular flexibility index (Phi) is 6.27. The number of hydrogen-bond donors (Lipinski definition) is 1. The SMILES string of the molecule is CCN(/C=C(/C#N)C(=O)Nc1cc(C)ccc1OC)C1CCS(=O)(=O)C1. The molecule has 0 spiro atoms. The van der Waals surface area contributed by atoms with Crippen LogP contribution in [-0.4, -0.2) is 50.4 Å². The second-order valence-electron chi connectivity index (χ2n) is 6.20. The molecule has 1 aromatic carbocycles. The highest BCUT2D eigenvalue weighted by Gasteiger charge is 2.31. The van der Waals surface area contributed by atoms with Gasteiger partial charge in [-0.15, -0.1) is 0 Å². The van der Waals surface area contributed by atoms with Gasteiger partial charge in [-0.05, 0) is 38.0 Å². The molecule has 1 aliphatic heterocycles. The quantitative estimate of drug-likeness (QED) is 0.600. The number of carbonyl (C=O) groups excluding carboxylic acids is 1. The topological polar surface area (TPSA) is 99.5 Å². The van der Waals surface area contributed by atoms with Crippen LogP contribution >= 0.6 is 0 Å². The number of anilines is 1. The predicted octanol–water partition coefficient (Wildman–Crippen LogP) is 1.86. The van der Waals surface area contributed by atoms with E-state index in [4.69, 9.17) is 4.74 Å². The smallest absolute Gasteiger partial charge is 0.267 e. The summed E-state index contributed by atoms with van der Waals surface area (Å²) in [6.07, 6.45) is 1.95. The van der Waals surface area contributed by atoms with E-state index in [-0.39, 0.29) is 23.1 Å². The summed E-state index contributed by atoms with van der Waals surface area (Å²) in [5, 5.41) is 12.1. The number of amides is 1. The van der Waals surface area contributed by atoms with Crippen LogP contribution in [0.15, 0.2) is 30.0 Å². The molecule has 1 aromatic rings. The van der Waals surface area contributed by atoms with Crippen molar-refractivity contribution in [1.29, 1.82) is 5.26 Å². The van der Waals surface area contributed by atoms with Gasteiger partial charge in [0, 0.05) is 18.8 Å². The molecule has 1 amide bonds. The van der Waals surface area contributed by atoms with Crippen LogP contribution in [0, 0.1) is 18.3 Å². The van der Waals surface area contributed by atoms with Crippen molar-refractivity contribution >= 4 is 21.4 Å². The maximum atomic E-state index is 12.5. The maximum absolute atomic E-state index is 12.5. The van der Waals surface area contributed by atoms with E-state index >= 15 is 0 Å². The number of methoxy groups -OCH3 is 1. The Bertz CT molecular complexity index is 856. The molecule has 0 radical (unpaired) electrons. The molecule has 0 aliphatic carbocycles. The molecule has 1 heterocycles. The minimum absolute atomic E-state index is 0.0450. The van der Waals surface area contributed by atoms with Crippen molar-refractivity contribution in [3.8, 4) is 11.8 Å². The predicted molar refractivity (Wildman–Crippen MR) is 99.5 cm³/mol. The van der Waals surface area contributed by atoms with E-state index in [9.17, 15) is 18.5 Å². The molecule has 1 atom stereocenters. The van der Waals surface area contributed by atoms with E-state index in [1.807, 2.05) is 26.0 Å². The Morgan fingerprint density at radius 3 is 2.77 bits per heavy atom. The van der Waals surface area contributed by atoms with Gasteiger partial charge in [0.2, 0.25) is 0 Å². The normalized spacial score (nSPS) is 18.8. The number of hydrogen-bond acceptors (Lipinski definition) is 6. The van der Waals surface area contributed by atoms with E-state index in [1.165, 1.54) is 13.3 Å². The van der Waals surface area contributed by atoms with Crippen LogP contribution in [0.1, 0.15) is 18.9 Å². The number of aryl methyl sites for hydroxylation is 1. The van der Waals surface area contributed by atoms with E-state index in [2.05, 4.69) is 5.32 Å². The lowest BCUT2D eigenvalue weighted by Crippen LogP contribution is -2.32. The van der Waals surface area contributed by atoms with Crippen LogP contribution in [0.2, 0.25) is 0 Å². The number of nitrogens with zero attached hydrogens (tertiary/aromatic N) is 2. The van der Waals surface area contributed by atoms with Gasteiger partial charge < -0.3 is 15.0 Å². The molecule has 26 heavy (non-hydrogen) atoms. The third-order valence-electron chi connectivity index (χ3n) is 4.31. The van der Waals surface area contributed by atoms with Crippen LogP contribution < -0.4 is 10.1 Å². The van der Waals surface area contributed by atoms with Crippen molar-refractivity contribution in [2.24, 2.45) is 0 Å². The minimum atomic E-state index is -3.05. The lowest BCUT2D eigenvalue weighted by molar-refractivity contribution is -0.112. The molecule has 1 aliphatic rings. The maximum Gasteiger partial charge on any atom is 0.267 e. The van der Waals surface area contributed by atoms with Crippen molar-refractivity contribution in [3.63, 3.8) is 0 Å². The summed E-state index contributed by atoms with van der Waals surface area (Å²) in [5.41, 5.74) is 1.33. The first-order valence-corrected chi connectivity index (χ1v) is 10.2. The van der Waals surface area contributed by atoms with E-state index in [0.717, 1.165) is 5.56 Å². The van der Waals surface area contributed by atoms with Gasteiger partial charge in [-0.3, -0.25) is 4.79 Å². The van der Waals surface area contributed by atoms with Gasteiger partial charge in [-0.1, -0.05) is 6.07 Å². The Balaban J connectivity index is 2.21. The highest BCUT2D eigenvalue weighted by Crippen LogP contribution is 2.26. The number of nitrogens with one attached hydrogen (secondary N) is 1. The van der Waals surface area contributed by atoms with Gasteiger partial charge in [-0.25, -0.2) is 8.42 Å². The number of rotatable bonds is 6. The highest BCUT2D eigenvalue weighted by molar-refractivity contribution is 7.91. The standard InChI is InChI=1S/C18H23N3O4S/c1-4-21(15-7-8-26(23,24)12-15)11-14(10-19)18(22)20-16-9-13(2)5-6-17(16)25-3/h5-6,9,11,15H,4,7-8,12H2,1-3H3,(H,20,22)/b14-11-. The Hall–Kier alpha value is -2.53. The Morgan fingerprint density at radius 2 is 2.23 bits per heavy atom. The van der Waals surface area contributed by atoms with Gasteiger partial charge in [0.05, 0.1) is 24.3 Å². The molecule has 7 nitrogen and oxygen atoms in total. The second-order valence-corrected chi connectivity index (χ2v) is 8.43. The van der Waals surface area contributed by atoms with Gasteiger partial charge in [0.25, 0.3) is 5.91 Å². The molecule has 1 unspecified atom stereocenters. The summed E-state index contributed by atoms with van der Waals surface area (Å²) in [6, 6.07) is 7.04. The van der Waals surface area contributed by atoms with Crippen molar-refractivity contribution in [3.05, 3.63) is 35.5 Å². The van der Waals surface area contributed by atoms with Crippen LogP contribution in [0.5, 0.6) is 5.75 Å². The molecule has 2 rings (SSSR count). The molecule has 8 heteroatoms. The zero-order chi connectivity index (χ0) is 19.3. The number of carbonyl (C=O) groups is 1. The average molecular weight is 377 g/mol. The largest absolute Gasteiger partial charge is 0.495 e. The molecule has 0 saturated carbocycles. The fraction of sp³-hybridized carbons (Fsp3) is 0.444. The first-order chi connectivity index (χ1) is 12.3. The summed E-state index contributed by atoms with van der Waals surface area (Å²) in [6.45, 7) is 4.25. The number of ether oxygens (including phenoxy) is 1. The van der Waals surface area contributed by atoms with Gasteiger partial charge in [-0.2, -0.15) is 5.26 Å². The van der Waals surface area contributed by atoms with E-state index in [1.54, 1.807) is 17.0 Å². The van der Waals surface area contributed by atoms with Crippen molar-refractivity contribution in [1.82, 2.24) is 4.90 Å². The van der Waals surface area contributed by atoms with E-state index in [0.29, 0.717) is 24.4 Å². The minimum Gasteiger partial charge on any atom is -0.495 e. The highest BCUT2D eigenvalue weighted by atomic mass is 32.2. The molecule has 1 fully saturated rings. The molecule has 0 aromatic heterocycles. The summed E-state index contributed by atoms with van der Waals surface area (Å²) < 4.78 is 28.6. The van der Waals surface area contributed by atoms with Crippen molar-refractivity contribution < 1.29 is 17.9 Å². The molecular formula is C18H23N3O4S. The third-order valence-corrected chi connectivity index (χ3v) is 6.06. The third kappa shape index (κ3) is 4.76. The average Bonchev–Trinajstić information content (AvgIpc) is 2.96. The number of benzene rings is 1. The van der Waals surface area contributed by atoms with Crippen LogP contribution in [0.3, 0.4) is 0 Å². The van der Waals surface area contributed by atoms with Gasteiger partial charge in [0.1, 0.15) is 17.4 Å². The lowest BCUT2D eigenvalue weighted by Gasteiger charge is -2.25. The summed E-state index contributed by atoms with van der Waals surface area (Å²) in [7, 11) is -1.55. The second kappa shape index (κ2) is 8.23. The molecule has 0 bridgehead atoms. The number of nitriles is 1. The molecule has 140 valence electrons. The molecular weight excluding hydrogens is 354 g/mol. The Morgan fingerprint density at radius 1 is 1.50 bits per heavy atom. The van der Waals surface area contributed by atoms with Crippen LogP contribution in [0.4, 0.5) is 5.69 Å². The van der Waals surface area contributed by atoms with Crippen molar-refractivity contribution in [2.75, 3.05) is 30.5 Å². The summed E-state index contributed by atoms with van der Waals surface area (Å²) >= 11 is 0. The summed E-state index contributed by atoms with van der Waals surface area (Å²) in [5.74, 6) is 0.117. The van der Waals surface area contributed by atoms with Crippen molar-refractivity contribution in [2.45, 2.75) is 26.3 Å². The van der Waals surface area contributed by atoms with Gasteiger partial charge in [0.15, 0.2) is 9.84 Å². The lowest BCUT2D eigenvalue weighted by atomic mass is 10.2. The van der Waals surface area contributed by atoms with E-state index < -0.39 is 15.7 Å². The molecule has 1 saturated heterocycles. The Labute approximate surface area is 154 Å². The summed E-state index contributed by atoms with van der Waals surface area (Å²) in [4.78, 5) is 14.3. The first kappa shape index (κ1) is 19.8. The zero-order valence-electron chi connectivity index (χ0n) is 15.2. The zero-order valence-corrected chi connectivity index (χ0v) is 16.0. The number of sulfone groups is 1. The monoisotopic (exact) mass is 377 g/mol. The first-order valence-electron chi connectivity index (χ1n) is 8.33. The van der Waals surface area contributed by atoms with Crippen LogP contribution in [0.25, 0.3) is 0 Å². The van der Waals surface area contributed by atoms with Crippen LogP contribution in [-0.2, 0) is 14.6 Å². The molecule has 1 N–H and O–H groups in total. The van der Waals surface area contributed by atoms with Gasteiger partial charge >= 0.3 is 0 Å².